The maximum atomic E-state index is 13.1. The van der Waals surface area contributed by atoms with Crippen molar-refractivity contribution in [3.05, 3.63) is 60.4 Å². The number of piperidine rings is 1. The first kappa shape index (κ1) is 21.3. The zero-order chi connectivity index (χ0) is 20.9. The van der Waals surface area contributed by atoms with E-state index in [0.717, 1.165) is 17.9 Å². The van der Waals surface area contributed by atoms with Gasteiger partial charge in [0.05, 0.1) is 10.9 Å². The van der Waals surface area contributed by atoms with E-state index in [1.165, 1.54) is 16.4 Å². The van der Waals surface area contributed by atoms with Crippen LogP contribution in [0.25, 0.3) is 0 Å². The molecular formula is C21H25FN2O4S. The SMILES string of the molecule is C[C@H](COc1ccccc1)NC(=O)C1CCN(S(=O)(=O)c2ccc(F)cc2)CC1. The van der Waals surface area contributed by atoms with Crippen molar-refractivity contribution in [1.29, 1.82) is 0 Å². The lowest BCUT2D eigenvalue weighted by molar-refractivity contribution is -0.126. The summed E-state index contributed by atoms with van der Waals surface area (Å²) in [4.78, 5) is 12.6. The Kier molecular flexibility index (Phi) is 6.87. The van der Waals surface area contributed by atoms with Gasteiger partial charge in [0.1, 0.15) is 18.2 Å². The van der Waals surface area contributed by atoms with E-state index in [2.05, 4.69) is 5.32 Å². The summed E-state index contributed by atoms with van der Waals surface area (Å²) in [6.45, 7) is 2.74. The number of para-hydroxylation sites is 1. The van der Waals surface area contributed by atoms with Crippen LogP contribution in [0.2, 0.25) is 0 Å². The number of carbonyl (C=O) groups is 1. The van der Waals surface area contributed by atoms with Gasteiger partial charge in [-0.3, -0.25) is 4.79 Å². The number of nitrogens with zero attached hydrogens (tertiary/aromatic N) is 1. The van der Waals surface area contributed by atoms with E-state index >= 15 is 0 Å². The minimum Gasteiger partial charge on any atom is -0.491 e. The van der Waals surface area contributed by atoms with Crippen LogP contribution >= 0.6 is 0 Å². The molecule has 0 spiro atoms. The third-order valence-electron chi connectivity index (χ3n) is 4.91. The highest BCUT2D eigenvalue weighted by molar-refractivity contribution is 7.89. The number of halogens is 1. The monoisotopic (exact) mass is 420 g/mol. The predicted molar refractivity (Wildman–Crippen MR) is 107 cm³/mol. The van der Waals surface area contributed by atoms with E-state index in [0.29, 0.717) is 19.4 Å². The standard InChI is InChI=1S/C21H25FN2O4S/c1-16(15-28-19-5-3-2-4-6-19)23-21(25)17-11-13-24(14-12-17)29(26,27)20-9-7-18(22)8-10-20/h2-10,16-17H,11-15H2,1H3,(H,23,25)/t16-/m1/s1. The molecule has 2 aromatic rings. The molecule has 8 heteroatoms. The van der Waals surface area contributed by atoms with Gasteiger partial charge in [0.15, 0.2) is 0 Å². The smallest absolute Gasteiger partial charge is 0.243 e. The van der Waals surface area contributed by atoms with Gasteiger partial charge in [0.25, 0.3) is 0 Å². The number of amides is 1. The molecule has 1 saturated heterocycles. The maximum Gasteiger partial charge on any atom is 0.243 e. The second kappa shape index (κ2) is 9.37. The number of benzene rings is 2. The summed E-state index contributed by atoms with van der Waals surface area (Å²) in [6.07, 6.45) is 0.886. The van der Waals surface area contributed by atoms with Crippen molar-refractivity contribution in [3.63, 3.8) is 0 Å². The quantitative estimate of drug-likeness (QED) is 0.747. The Hall–Kier alpha value is -2.45. The Morgan fingerprint density at radius 1 is 1.14 bits per heavy atom. The van der Waals surface area contributed by atoms with Gasteiger partial charge in [-0.1, -0.05) is 18.2 Å². The number of sulfonamides is 1. The Bertz CT molecular complexity index is 911. The largest absolute Gasteiger partial charge is 0.491 e. The fraction of sp³-hybridized carbons (Fsp3) is 0.381. The molecule has 3 rings (SSSR count). The first-order valence-electron chi connectivity index (χ1n) is 9.60. The van der Waals surface area contributed by atoms with E-state index in [9.17, 15) is 17.6 Å². The molecule has 0 bridgehead atoms. The Morgan fingerprint density at radius 3 is 2.38 bits per heavy atom. The fourth-order valence-corrected chi connectivity index (χ4v) is 4.72. The molecule has 1 fully saturated rings. The molecule has 0 aliphatic carbocycles. The number of hydrogen-bond donors (Lipinski definition) is 1. The van der Waals surface area contributed by atoms with Crippen molar-refractivity contribution in [2.24, 2.45) is 5.92 Å². The van der Waals surface area contributed by atoms with Crippen LogP contribution in [0.4, 0.5) is 4.39 Å². The molecule has 1 aliphatic heterocycles. The number of rotatable bonds is 7. The van der Waals surface area contributed by atoms with E-state index in [4.69, 9.17) is 4.74 Å². The zero-order valence-corrected chi connectivity index (χ0v) is 17.1. The van der Waals surface area contributed by atoms with Gasteiger partial charge in [-0.2, -0.15) is 4.31 Å². The molecule has 0 radical (unpaired) electrons. The summed E-state index contributed by atoms with van der Waals surface area (Å²) in [5, 5.41) is 2.94. The van der Waals surface area contributed by atoms with Gasteiger partial charge in [-0.25, -0.2) is 12.8 Å². The van der Waals surface area contributed by atoms with Gasteiger partial charge in [0, 0.05) is 19.0 Å². The molecule has 2 aromatic carbocycles. The van der Waals surface area contributed by atoms with Crippen molar-refractivity contribution in [2.75, 3.05) is 19.7 Å². The third kappa shape index (κ3) is 5.55. The molecule has 1 N–H and O–H groups in total. The minimum absolute atomic E-state index is 0.0634. The molecule has 1 atom stereocenters. The van der Waals surface area contributed by atoms with Crippen LogP contribution in [0, 0.1) is 11.7 Å². The molecule has 1 aliphatic rings. The van der Waals surface area contributed by atoms with Crippen molar-refractivity contribution in [1.82, 2.24) is 9.62 Å². The molecule has 0 aromatic heterocycles. The number of carbonyl (C=O) groups excluding carboxylic acids is 1. The lowest BCUT2D eigenvalue weighted by Gasteiger charge is -2.31. The maximum absolute atomic E-state index is 13.1. The Balaban J connectivity index is 1.48. The number of nitrogens with one attached hydrogen (secondary N) is 1. The molecular weight excluding hydrogens is 395 g/mol. The highest BCUT2D eigenvalue weighted by atomic mass is 32.2. The summed E-state index contributed by atoms with van der Waals surface area (Å²) in [5.74, 6) is -0.0700. The first-order valence-corrected chi connectivity index (χ1v) is 11.0. The Morgan fingerprint density at radius 2 is 1.76 bits per heavy atom. The molecule has 0 saturated carbocycles. The lowest BCUT2D eigenvalue weighted by atomic mass is 9.97. The molecule has 6 nitrogen and oxygen atoms in total. The van der Waals surface area contributed by atoms with Crippen LogP contribution in [0.15, 0.2) is 59.5 Å². The van der Waals surface area contributed by atoms with Gasteiger partial charge in [0.2, 0.25) is 15.9 Å². The average molecular weight is 421 g/mol. The van der Waals surface area contributed by atoms with Crippen LogP contribution in [0.5, 0.6) is 5.75 Å². The van der Waals surface area contributed by atoms with E-state index in [1.807, 2.05) is 37.3 Å². The van der Waals surface area contributed by atoms with Gasteiger partial charge in [-0.15, -0.1) is 0 Å². The Labute approximate surface area is 170 Å². The summed E-state index contributed by atoms with van der Waals surface area (Å²) in [6, 6.07) is 14.0. The summed E-state index contributed by atoms with van der Waals surface area (Å²) >= 11 is 0. The highest BCUT2D eigenvalue weighted by Gasteiger charge is 2.32. The molecule has 29 heavy (non-hydrogen) atoms. The average Bonchev–Trinajstić information content (AvgIpc) is 2.73. The van der Waals surface area contributed by atoms with Gasteiger partial charge >= 0.3 is 0 Å². The predicted octanol–water partition coefficient (Wildman–Crippen LogP) is 2.81. The first-order chi connectivity index (χ1) is 13.9. The van der Waals surface area contributed by atoms with Crippen LogP contribution in [-0.4, -0.2) is 44.4 Å². The fourth-order valence-electron chi connectivity index (χ4n) is 3.25. The summed E-state index contributed by atoms with van der Waals surface area (Å²) in [5.41, 5.74) is 0. The van der Waals surface area contributed by atoms with Crippen molar-refractivity contribution in [3.8, 4) is 5.75 Å². The van der Waals surface area contributed by atoms with E-state index in [-0.39, 0.29) is 35.9 Å². The van der Waals surface area contributed by atoms with E-state index in [1.54, 1.807) is 0 Å². The van der Waals surface area contributed by atoms with Crippen LogP contribution in [-0.2, 0) is 14.8 Å². The lowest BCUT2D eigenvalue weighted by Crippen LogP contribution is -2.45. The van der Waals surface area contributed by atoms with Crippen LogP contribution in [0.3, 0.4) is 0 Å². The number of ether oxygens (including phenoxy) is 1. The summed E-state index contributed by atoms with van der Waals surface area (Å²) < 4.78 is 45.4. The molecule has 0 unspecified atom stereocenters. The normalized spacial score (nSPS) is 16.9. The summed E-state index contributed by atoms with van der Waals surface area (Å²) in [7, 11) is -3.68. The second-order valence-corrected chi connectivity index (χ2v) is 9.10. The van der Waals surface area contributed by atoms with E-state index < -0.39 is 15.8 Å². The third-order valence-corrected chi connectivity index (χ3v) is 6.82. The second-order valence-electron chi connectivity index (χ2n) is 7.17. The van der Waals surface area contributed by atoms with Crippen LogP contribution in [0.1, 0.15) is 19.8 Å². The molecule has 1 amide bonds. The zero-order valence-electron chi connectivity index (χ0n) is 16.3. The van der Waals surface area contributed by atoms with Crippen molar-refractivity contribution >= 4 is 15.9 Å². The number of hydrogen-bond acceptors (Lipinski definition) is 4. The van der Waals surface area contributed by atoms with Gasteiger partial charge < -0.3 is 10.1 Å². The van der Waals surface area contributed by atoms with Crippen LogP contribution < -0.4 is 10.1 Å². The van der Waals surface area contributed by atoms with Gasteiger partial charge in [-0.05, 0) is 56.2 Å². The topological polar surface area (TPSA) is 75.7 Å². The van der Waals surface area contributed by atoms with Crippen molar-refractivity contribution < 1.29 is 22.3 Å². The molecule has 1 heterocycles. The van der Waals surface area contributed by atoms with Crippen molar-refractivity contribution in [2.45, 2.75) is 30.7 Å². The minimum atomic E-state index is -3.68. The molecule has 156 valence electrons. The highest BCUT2D eigenvalue weighted by Crippen LogP contribution is 2.24.